The smallest absolute Gasteiger partial charge is 0.223 e. The minimum absolute atomic E-state index is 0.107. The van der Waals surface area contributed by atoms with Crippen LogP contribution < -0.4 is 5.32 Å². The summed E-state index contributed by atoms with van der Waals surface area (Å²) in [6.07, 6.45) is 3.06. The first-order valence-corrected chi connectivity index (χ1v) is 6.41. The van der Waals surface area contributed by atoms with Gasteiger partial charge in [-0.1, -0.05) is 6.92 Å². The minimum Gasteiger partial charge on any atom is -0.342 e. The van der Waals surface area contributed by atoms with Gasteiger partial charge in [0.05, 0.1) is 0 Å². The number of piperidine rings is 1. The minimum atomic E-state index is 0.107. The largest absolute Gasteiger partial charge is 0.342 e. The lowest BCUT2D eigenvalue weighted by molar-refractivity contribution is -0.132. The zero-order valence-electron chi connectivity index (χ0n) is 11.2. The van der Waals surface area contributed by atoms with Crippen molar-refractivity contribution in [2.75, 3.05) is 19.6 Å². The third-order valence-corrected chi connectivity index (χ3v) is 3.00. The maximum Gasteiger partial charge on any atom is 0.223 e. The molecule has 0 spiro atoms. The van der Waals surface area contributed by atoms with Gasteiger partial charge in [-0.2, -0.15) is 0 Å². The fourth-order valence-electron chi connectivity index (χ4n) is 2.12. The van der Waals surface area contributed by atoms with Crippen molar-refractivity contribution in [1.82, 2.24) is 10.2 Å². The summed E-state index contributed by atoms with van der Waals surface area (Å²) in [6, 6.07) is 0. The third kappa shape index (κ3) is 4.97. The van der Waals surface area contributed by atoms with Crippen molar-refractivity contribution < 1.29 is 4.79 Å². The van der Waals surface area contributed by atoms with E-state index < -0.39 is 0 Å². The van der Waals surface area contributed by atoms with E-state index in [1.54, 1.807) is 0 Å². The summed E-state index contributed by atoms with van der Waals surface area (Å²) >= 11 is 0. The van der Waals surface area contributed by atoms with E-state index in [9.17, 15) is 4.79 Å². The molecule has 0 aliphatic carbocycles. The van der Waals surface area contributed by atoms with Crippen molar-refractivity contribution in [3.05, 3.63) is 0 Å². The van der Waals surface area contributed by atoms with Crippen molar-refractivity contribution in [2.24, 2.45) is 5.92 Å². The molecule has 0 bridgehead atoms. The standard InChI is InChI=1S/C13H26N2O/c1-11-6-5-9-15(10-11)12(16)7-8-14-13(2,3)4/h11,14H,5-10H2,1-4H3. The predicted molar refractivity (Wildman–Crippen MR) is 67.4 cm³/mol. The summed E-state index contributed by atoms with van der Waals surface area (Å²) in [5, 5.41) is 3.36. The Hall–Kier alpha value is -0.570. The molecule has 1 N–H and O–H groups in total. The second-order valence-electron chi connectivity index (χ2n) is 6.01. The van der Waals surface area contributed by atoms with Gasteiger partial charge in [-0.15, -0.1) is 0 Å². The summed E-state index contributed by atoms with van der Waals surface area (Å²) in [4.78, 5) is 13.9. The monoisotopic (exact) mass is 226 g/mol. The van der Waals surface area contributed by atoms with Crippen molar-refractivity contribution in [2.45, 2.75) is 52.5 Å². The van der Waals surface area contributed by atoms with Gasteiger partial charge in [0, 0.05) is 31.6 Å². The molecule has 1 aliphatic rings. The Morgan fingerprint density at radius 1 is 1.44 bits per heavy atom. The number of carbonyl (C=O) groups excluding carboxylic acids is 1. The number of rotatable bonds is 3. The van der Waals surface area contributed by atoms with Crippen LogP contribution in [0.15, 0.2) is 0 Å². The van der Waals surface area contributed by atoms with Crippen LogP contribution in [0.4, 0.5) is 0 Å². The van der Waals surface area contributed by atoms with Crippen LogP contribution in [0.3, 0.4) is 0 Å². The highest BCUT2D eigenvalue weighted by Crippen LogP contribution is 2.15. The molecule has 1 unspecified atom stereocenters. The van der Waals surface area contributed by atoms with E-state index in [1.165, 1.54) is 12.8 Å². The van der Waals surface area contributed by atoms with Crippen molar-refractivity contribution in [3.8, 4) is 0 Å². The number of hydrogen-bond acceptors (Lipinski definition) is 2. The molecule has 0 aromatic heterocycles. The molecule has 3 heteroatoms. The molecule has 1 rings (SSSR count). The Morgan fingerprint density at radius 2 is 2.12 bits per heavy atom. The van der Waals surface area contributed by atoms with Gasteiger partial charge in [-0.3, -0.25) is 4.79 Å². The quantitative estimate of drug-likeness (QED) is 0.798. The van der Waals surface area contributed by atoms with Gasteiger partial charge < -0.3 is 10.2 Å². The molecule has 1 amide bonds. The maximum absolute atomic E-state index is 11.9. The number of hydrogen-bond donors (Lipinski definition) is 1. The fourth-order valence-corrected chi connectivity index (χ4v) is 2.12. The van der Waals surface area contributed by atoms with Gasteiger partial charge in [-0.25, -0.2) is 0 Å². The summed E-state index contributed by atoms with van der Waals surface area (Å²) in [6.45, 7) is 11.3. The molecule has 94 valence electrons. The zero-order valence-corrected chi connectivity index (χ0v) is 11.2. The maximum atomic E-state index is 11.9. The van der Waals surface area contributed by atoms with Crippen LogP contribution in [0.25, 0.3) is 0 Å². The Labute approximate surface area is 99.6 Å². The first-order valence-electron chi connectivity index (χ1n) is 6.41. The van der Waals surface area contributed by atoms with Gasteiger partial charge in [-0.05, 0) is 39.5 Å². The normalized spacial score (nSPS) is 22.2. The molecule has 1 atom stereocenters. The SMILES string of the molecule is CC1CCCN(C(=O)CCNC(C)(C)C)C1. The highest BCUT2D eigenvalue weighted by molar-refractivity contribution is 5.76. The Morgan fingerprint density at radius 3 is 2.69 bits per heavy atom. The number of carbonyl (C=O) groups is 1. The lowest BCUT2D eigenvalue weighted by atomic mass is 10.00. The van der Waals surface area contributed by atoms with Gasteiger partial charge >= 0.3 is 0 Å². The van der Waals surface area contributed by atoms with Gasteiger partial charge in [0.15, 0.2) is 0 Å². The fraction of sp³-hybridized carbons (Fsp3) is 0.923. The lowest BCUT2D eigenvalue weighted by Crippen LogP contribution is -2.42. The lowest BCUT2D eigenvalue weighted by Gasteiger charge is -2.31. The molecule has 1 fully saturated rings. The second kappa shape index (κ2) is 5.67. The van der Waals surface area contributed by atoms with Crippen LogP contribution in [0.1, 0.15) is 47.0 Å². The molecule has 0 aromatic carbocycles. The van der Waals surface area contributed by atoms with Crippen LogP contribution in [0.5, 0.6) is 0 Å². The molecule has 1 aliphatic heterocycles. The molecular formula is C13H26N2O. The van der Waals surface area contributed by atoms with Gasteiger partial charge in [0.1, 0.15) is 0 Å². The van der Waals surface area contributed by atoms with Crippen LogP contribution in [-0.2, 0) is 4.79 Å². The molecule has 0 radical (unpaired) electrons. The van der Waals surface area contributed by atoms with E-state index in [4.69, 9.17) is 0 Å². The molecule has 0 aromatic rings. The third-order valence-electron chi connectivity index (χ3n) is 3.00. The van der Waals surface area contributed by atoms with Crippen LogP contribution in [0, 0.1) is 5.92 Å². The Balaban J connectivity index is 2.24. The highest BCUT2D eigenvalue weighted by Gasteiger charge is 2.20. The highest BCUT2D eigenvalue weighted by atomic mass is 16.2. The Kier molecular flexibility index (Phi) is 4.78. The molecular weight excluding hydrogens is 200 g/mol. The summed E-state index contributed by atoms with van der Waals surface area (Å²) < 4.78 is 0. The number of amides is 1. The molecule has 3 nitrogen and oxygen atoms in total. The van der Waals surface area contributed by atoms with Crippen LogP contribution >= 0.6 is 0 Å². The zero-order chi connectivity index (χ0) is 12.2. The number of likely N-dealkylation sites (tertiary alicyclic amines) is 1. The number of nitrogens with one attached hydrogen (secondary N) is 1. The molecule has 0 saturated carbocycles. The van der Waals surface area contributed by atoms with Crippen molar-refractivity contribution >= 4 is 5.91 Å². The van der Waals surface area contributed by atoms with E-state index in [1.807, 2.05) is 4.90 Å². The Bertz CT molecular complexity index is 233. The van der Waals surface area contributed by atoms with E-state index >= 15 is 0 Å². The van der Waals surface area contributed by atoms with E-state index in [0.29, 0.717) is 18.2 Å². The average molecular weight is 226 g/mol. The van der Waals surface area contributed by atoms with Crippen LogP contribution in [0.2, 0.25) is 0 Å². The van der Waals surface area contributed by atoms with Gasteiger partial charge in [0.2, 0.25) is 5.91 Å². The average Bonchev–Trinajstić information content (AvgIpc) is 2.15. The summed E-state index contributed by atoms with van der Waals surface area (Å²) in [5.74, 6) is 0.983. The first kappa shape index (κ1) is 13.5. The van der Waals surface area contributed by atoms with Gasteiger partial charge in [0.25, 0.3) is 0 Å². The van der Waals surface area contributed by atoms with E-state index in [2.05, 4.69) is 33.0 Å². The van der Waals surface area contributed by atoms with E-state index in [0.717, 1.165) is 19.6 Å². The second-order valence-corrected chi connectivity index (χ2v) is 6.01. The summed E-state index contributed by atoms with van der Waals surface area (Å²) in [7, 11) is 0. The molecule has 16 heavy (non-hydrogen) atoms. The summed E-state index contributed by atoms with van der Waals surface area (Å²) in [5.41, 5.74) is 0.107. The first-order chi connectivity index (χ1) is 7.38. The topological polar surface area (TPSA) is 32.3 Å². The molecule has 1 saturated heterocycles. The predicted octanol–water partition coefficient (Wildman–Crippen LogP) is 2.02. The van der Waals surface area contributed by atoms with Crippen molar-refractivity contribution in [1.29, 1.82) is 0 Å². The van der Waals surface area contributed by atoms with Crippen LogP contribution in [-0.4, -0.2) is 36.0 Å². The van der Waals surface area contributed by atoms with E-state index in [-0.39, 0.29) is 5.54 Å². The van der Waals surface area contributed by atoms with Crippen molar-refractivity contribution in [3.63, 3.8) is 0 Å². The number of nitrogens with zero attached hydrogens (tertiary/aromatic N) is 1. The molecule has 1 heterocycles.